The van der Waals surface area contributed by atoms with Crippen molar-refractivity contribution >= 4 is 33.5 Å². The molecular formula is C20H29NO9S. The number of methoxy groups -OCH3 is 2. The lowest BCUT2D eigenvalue weighted by molar-refractivity contribution is -0.148. The Hall–Kier alpha value is -2.50. The fourth-order valence-electron chi connectivity index (χ4n) is 2.89. The number of amides is 1. The monoisotopic (exact) mass is 459 g/mol. The largest absolute Gasteiger partial charge is 0.497 e. The molecule has 0 saturated heterocycles. The first-order valence-electron chi connectivity index (χ1n) is 9.68. The van der Waals surface area contributed by atoms with Gasteiger partial charge in [0.1, 0.15) is 23.0 Å². The van der Waals surface area contributed by atoms with Crippen molar-refractivity contribution in [1.82, 2.24) is 0 Å². The molecule has 0 aliphatic rings. The Morgan fingerprint density at radius 1 is 1.13 bits per heavy atom. The summed E-state index contributed by atoms with van der Waals surface area (Å²) in [6.45, 7) is 1.53. The van der Waals surface area contributed by atoms with Crippen LogP contribution in [0.2, 0.25) is 0 Å². The van der Waals surface area contributed by atoms with Gasteiger partial charge in [0.2, 0.25) is 5.91 Å². The van der Waals surface area contributed by atoms with Crippen molar-refractivity contribution in [2.45, 2.75) is 43.9 Å². The number of Topliss-reactive ketones (excluding diaryl/α,β-unsaturated/α-hetero) is 1. The summed E-state index contributed by atoms with van der Waals surface area (Å²) in [4.78, 5) is 34.8. The maximum atomic E-state index is 12.2. The van der Waals surface area contributed by atoms with E-state index < -0.39 is 26.9 Å². The van der Waals surface area contributed by atoms with E-state index in [0.29, 0.717) is 25.7 Å². The third kappa shape index (κ3) is 9.90. The maximum Gasteiger partial charge on any atom is 0.332 e. The van der Waals surface area contributed by atoms with Crippen LogP contribution in [0.15, 0.2) is 23.1 Å². The summed E-state index contributed by atoms with van der Waals surface area (Å²) in [6, 6.07) is 3.88. The number of anilines is 1. The minimum Gasteiger partial charge on any atom is -0.497 e. The molecule has 0 saturated carbocycles. The van der Waals surface area contributed by atoms with Gasteiger partial charge in [-0.3, -0.25) is 14.1 Å². The smallest absolute Gasteiger partial charge is 0.332 e. The van der Waals surface area contributed by atoms with Crippen molar-refractivity contribution in [2.24, 2.45) is 5.92 Å². The highest BCUT2D eigenvalue weighted by atomic mass is 32.2. The predicted octanol–water partition coefficient (Wildman–Crippen LogP) is 2.23. The molecule has 1 atom stereocenters. The zero-order chi connectivity index (χ0) is 23.4. The van der Waals surface area contributed by atoms with Crippen LogP contribution in [-0.2, 0) is 34.0 Å². The Morgan fingerprint density at radius 3 is 2.39 bits per heavy atom. The van der Waals surface area contributed by atoms with Gasteiger partial charge >= 0.3 is 5.97 Å². The topological polar surface area (TPSA) is 145 Å². The SMILES string of the molecule is COCC(=O)OCCCC(CCCC(=O)Nc1ccc(OC)cc1S(=O)(=O)O)C(C)=O. The molecule has 0 heterocycles. The van der Waals surface area contributed by atoms with Crippen LogP contribution in [0.4, 0.5) is 5.69 Å². The van der Waals surface area contributed by atoms with E-state index in [-0.39, 0.29) is 42.8 Å². The van der Waals surface area contributed by atoms with Gasteiger partial charge in [-0.2, -0.15) is 8.42 Å². The van der Waals surface area contributed by atoms with Crippen molar-refractivity contribution in [1.29, 1.82) is 0 Å². The van der Waals surface area contributed by atoms with Crippen molar-refractivity contribution < 1.29 is 41.6 Å². The van der Waals surface area contributed by atoms with Crippen LogP contribution in [0.3, 0.4) is 0 Å². The highest BCUT2D eigenvalue weighted by Gasteiger charge is 2.19. The molecule has 0 fully saturated rings. The van der Waals surface area contributed by atoms with E-state index in [1.54, 1.807) is 0 Å². The third-order valence-electron chi connectivity index (χ3n) is 4.49. The minimum absolute atomic E-state index is 0.0209. The number of hydrogen-bond donors (Lipinski definition) is 2. The second kappa shape index (κ2) is 13.0. The lowest BCUT2D eigenvalue weighted by atomic mass is 9.93. The fraction of sp³-hybridized carbons (Fsp3) is 0.550. The van der Waals surface area contributed by atoms with E-state index in [0.717, 1.165) is 6.07 Å². The zero-order valence-electron chi connectivity index (χ0n) is 17.9. The third-order valence-corrected chi connectivity index (χ3v) is 5.39. The molecule has 1 amide bonds. The number of hydrogen-bond acceptors (Lipinski definition) is 8. The van der Waals surface area contributed by atoms with Gasteiger partial charge < -0.3 is 19.5 Å². The van der Waals surface area contributed by atoms with Gasteiger partial charge in [-0.05, 0) is 44.7 Å². The number of nitrogens with one attached hydrogen (secondary N) is 1. The molecule has 0 spiro atoms. The second-order valence-electron chi connectivity index (χ2n) is 6.88. The Balaban J connectivity index is 2.54. The Labute approximate surface area is 182 Å². The fourth-order valence-corrected chi connectivity index (χ4v) is 3.56. The molecule has 1 unspecified atom stereocenters. The summed E-state index contributed by atoms with van der Waals surface area (Å²) >= 11 is 0. The Kier molecular flexibility index (Phi) is 11.2. The van der Waals surface area contributed by atoms with Gasteiger partial charge in [0.05, 0.1) is 19.4 Å². The molecule has 1 aromatic rings. The zero-order valence-corrected chi connectivity index (χ0v) is 18.7. The Morgan fingerprint density at radius 2 is 1.81 bits per heavy atom. The predicted molar refractivity (Wildman–Crippen MR) is 112 cm³/mol. The first-order valence-corrected chi connectivity index (χ1v) is 11.1. The van der Waals surface area contributed by atoms with Gasteiger partial charge in [-0.15, -0.1) is 0 Å². The standard InChI is InChI=1S/C20H29NO9S/c1-14(22)15(7-5-11-30-20(24)13-28-2)6-4-8-19(23)21-17-10-9-16(29-3)12-18(17)31(25,26)27/h9-10,12,15H,4-8,11,13H2,1-3H3,(H,21,23)(H,25,26,27). The van der Waals surface area contributed by atoms with E-state index in [4.69, 9.17) is 9.47 Å². The number of benzene rings is 1. The first-order chi connectivity index (χ1) is 14.6. The lowest BCUT2D eigenvalue weighted by Gasteiger charge is -2.14. The molecule has 0 bridgehead atoms. The number of rotatable bonds is 14. The summed E-state index contributed by atoms with van der Waals surface area (Å²) in [7, 11) is -1.83. The summed E-state index contributed by atoms with van der Waals surface area (Å²) in [5.74, 6) is -1.01. The summed E-state index contributed by atoms with van der Waals surface area (Å²) in [5.41, 5.74) is -0.0608. The highest BCUT2D eigenvalue weighted by molar-refractivity contribution is 7.86. The highest BCUT2D eigenvalue weighted by Crippen LogP contribution is 2.26. The van der Waals surface area contributed by atoms with Gasteiger partial charge in [-0.1, -0.05) is 0 Å². The molecule has 0 aliphatic heterocycles. The molecule has 2 N–H and O–H groups in total. The van der Waals surface area contributed by atoms with Crippen LogP contribution in [0.25, 0.3) is 0 Å². The molecule has 1 aromatic carbocycles. The summed E-state index contributed by atoms with van der Waals surface area (Å²) in [6.07, 6.45) is 1.95. The minimum atomic E-state index is -4.56. The molecule has 0 aromatic heterocycles. The second-order valence-corrected chi connectivity index (χ2v) is 8.27. The van der Waals surface area contributed by atoms with E-state index >= 15 is 0 Å². The molecule has 11 heteroatoms. The average Bonchev–Trinajstić information content (AvgIpc) is 2.69. The van der Waals surface area contributed by atoms with Crippen LogP contribution in [0.1, 0.15) is 39.0 Å². The van der Waals surface area contributed by atoms with Crippen LogP contribution < -0.4 is 10.1 Å². The number of carbonyl (C=O) groups is 3. The number of carbonyl (C=O) groups excluding carboxylic acids is 3. The van der Waals surface area contributed by atoms with Gasteiger partial charge in [0, 0.05) is 25.5 Å². The number of ether oxygens (including phenoxy) is 3. The number of ketones is 1. The Bertz CT molecular complexity index is 867. The van der Waals surface area contributed by atoms with E-state index in [9.17, 15) is 27.4 Å². The van der Waals surface area contributed by atoms with Crippen molar-refractivity contribution in [3.8, 4) is 5.75 Å². The van der Waals surface area contributed by atoms with Crippen LogP contribution >= 0.6 is 0 Å². The van der Waals surface area contributed by atoms with Gasteiger partial charge in [0.15, 0.2) is 0 Å². The molecule has 0 aliphatic carbocycles. The maximum absolute atomic E-state index is 12.2. The van der Waals surface area contributed by atoms with Crippen LogP contribution in [0.5, 0.6) is 5.75 Å². The van der Waals surface area contributed by atoms with Gasteiger partial charge in [0.25, 0.3) is 10.1 Å². The molecule has 10 nitrogen and oxygen atoms in total. The van der Waals surface area contributed by atoms with Crippen LogP contribution in [-0.4, -0.2) is 58.1 Å². The quantitative estimate of drug-likeness (QED) is 0.243. The van der Waals surface area contributed by atoms with E-state index in [1.807, 2.05) is 0 Å². The van der Waals surface area contributed by atoms with Gasteiger partial charge in [-0.25, -0.2) is 4.79 Å². The average molecular weight is 460 g/mol. The van der Waals surface area contributed by atoms with Crippen LogP contribution in [0, 0.1) is 5.92 Å². The van der Waals surface area contributed by atoms with Crippen molar-refractivity contribution in [3.05, 3.63) is 18.2 Å². The lowest BCUT2D eigenvalue weighted by Crippen LogP contribution is -2.17. The molecule has 31 heavy (non-hydrogen) atoms. The molecule has 174 valence electrons. The first kappa shape index (κ1) is 26.5. The van der Waals surface area contributed by atoms with E-state index in [2.05, 4.69) is 10.1 Å². The van der Waals surface area contributed by atoms with Crippen molar-refractivity contribution in [3.63, 3.8) is 0 Å². The van der Waals surface area contributed by atoms with E-state index in [1.165, 1.54) is 33.3 Å². The summed E-state index contributed by atoms with van der Waals surface area (Å²) in [5, 5.41) is 2.46. The number of esters is 1. The molecular weight excluding hydrogens is 430 g/mol. The summed E-state index contributed by atoms with van der Waals surface area (Å²) < 4.78 is 47.0. The molecule has 1 rings (SSSR count). The normalized spacial score (nSPS) is 12.1. The molecule has 0 radical (unpaired) electrons. The van der Waals surface area contributed by atoms with Crippen molar-refractivity contribution in [2.75, 3.05) is 32.8 Å².